The molecule has 0 aliphatic heterocycles. The average molecular weight is 303 g/mol. The van der Waals surface area contributed by atoms with Crippen LogP contribution in [-0.2, 0) is 10.8 Å². The molecule has 2 atom stereocenters. The fraction of sp³-hybridized carbons (Fsp3) is 0.294. The van der Waals surface area contributed by atoms with Crippen LogP contribution in [0.3, 0.4) is 0 Å². The Bertz CT molecular complexity index is 628. The van der Waals surface area contributed by atoms with Gasteiger partial charge in [0, 0.05) is 16.7 Å². The summed E-state index contributed by atoms with van der Waals surface area (Å²) in [5.74, 6) is 1.35. The molecule has 0 aliphatic rings. The van der Waals surface area contributed by atoms with Gasteiger partial charge in [0.2, 0.25) is 0 Å². The lowest BCUT2D eigenvalue weighted by atomic mass is 10.1. The van der Waals surface area contributed by atoms with E-state index in [4.69, 9.17) is 4.74 Å². The van der Waals surface area contributed by atoms with Crippen molar-refractivity contribution in [1.29, 1.82) is 0 Å². The minimum absolute atomic E-state index is 0.0283. The third kappa shape index (κ3) is 3.93. The molecular formula is C17H21NO2S. The van der Waals surface area contributed by atoms with Crippen LogP contribution in [-0.4, -0.2) is 24.1 Å². The number of hydrogen-bond acceptors (Lipinski definition) is 3. The van der Waals surface area contributed by atoms with Gasteiger partial charge in [-0.2, -0.15) is 0 Å². The normalized spacial score (nSPS) is 13.7. The molecule has 112 valence electrons. The van der Waals surface area contributed by atoms with Crippen LogP contribution in [0.5, 0.6) is 5.75 Å². The van der Waals surface area contributed by atoms with E-state index in [-0.39, 0.29) is 6.04 Å². The number of ether oxygens (including phenoxy) is 1. The summed E-state index contributed by atoms with van der Waals surface area (Å²) in [5.41, 5.74) is 2.15. The van der Waals surface area contributed by atoms with E-state index in [1.165, 1.54) is 0 Å². The zero-order chi connectivity index (χ0) is 15.2. The van der Waals surface area contributed by atoms with Gasteiger partial charge in [-0.05, 0) is 43.3 Å². The first-order valence-corrected chi connectivity index (χ1v) is 8.23. The number of aryl methyl sites for hydroxylation is 1. The third-order valence-corrected chi connectivity index (χ3v) is 5.09. The van der Waals surface area contributed by atoms with Gasteiger partial charge in [0.15, 0.2) is 0 Å². The molecule has 2 unspecified atom stereocenters. The first kappa shape index (κ1) is 15.7. The third-order valence-electron chi connectivity index (χ3n) is 3.50. The SMILES string of the molecule is CNC(CS(=O)c1ccccc1C)c1cccc(OC)c1. The highest BCUT2D eigenvalue weighted by Gasteiger charge is 2.16. The van der Waals surface area contributed by atoms with Crippen LogP contribution in [0.4, 0.5) is 0 Å². The Kier molecular flexibility index (Phi) is 5.53. The topological polar surface area (TPSA) is 38.3 Å². The summed E-state index contributed by atoms with van der Waals surface area (Å²) < 4.78 is 17.9. The number of rotatable bonds is 6. The molecule has 0 radical (unpaired) electrons. The zero-order valence-electron chi connectivity index (χ0n) is 12.6. The molecule has 0 amide bonds. The lowest BCUT2D eigenvalue weighted by Gasteiger charge is -2.17. The molecule has 0 saturated carbocycles. The summed E-state index contributed by atoms with van der Waals surface area (Å²) in [6.45, 7) is 1.99. The monoisotopic (exact) mass is 303 g/mol. The van der Waals surface area contributed by atoms with E-state index in [1.807, 2.05) is 62.5 Å². The molecule has 3 nitrogen and oxygen atoms in total. The van der Waals surface area contributed by atoms with Gasteiger partial charge < -0.3 is 10.1 Å². The maximum absolute atomic E-state index is 12.6. The van der Waals surface area contributed by atoms with Crippen molar-refractivity contribution in [1.82, 2.24) is 5.32 Å². The summed E-state index contributed by atoms with van der Waals surface area (Å²) >= 11 is 0. The second-order valence-electron chi connectivity index (χ2n) is 4.90. The predicted molar refractivity (Wildman–Crippen MR) is 87.2 cm³/mol. The molecule has 0 spiro atoms. The molecule has 1 N–H and O–H groups in total. The van der Waals surface area contributed by atoms with Gasteiger partial charge in [0.25, 0.3) is 0 Å². The minimum Gasteiger partial charge on any atom is -0.497 e. The lowest BCUT2D eigenvalue weighted by Crippen LogP contribution is -2.23. The summed E-state index contributed by atoms with van der Waals surface area (Å²) in [6, 6.07) is 15.7. The van der Waals surface area contributed by atoms with E-state index < -0.39 is 10.8 Å². The van der Waals surface area contributed by atoms with E-state index in [1.54, 1.807) is 7.11 Å². The first-order chi connectivity index (χ1) is 10.2. The highest BCUT2D eigenvalue weighted by atomic mass is 32.2. The quantitative estimate of drug-likeness (QED) is 0.891. The van der Waals surface area contributed by atoms with E-state index >= 15 is 0 Å². The van der Waals surface area contributed by atoms with E-state index in [2.05, 4.69) is 5.32 Å². The van der Waals surface area contributed by atoms with E-state index in [0.29, 0.717) is 5.75 Å². The summed E-state index contributed by atoms with van der Waals surface area (Å²) in [4.78, 5) is 0.903. The highest BCUT2D eigenvalue weighted by Crippen LogP contribution is 2.22. The average Bonchev–Trinajstić information content (AvgIpc) is 2.52. The Hall–Kier alpha value is -1.65. The van der Waals surface area contributed by atoms with Crippen LogP contribution < -0.4 is 10.1 Å². The first-order valence-electron chi connectivity index (χ1n) is 6.91. The number of methoxy groups -OCH3 is 1. The molecule has 2 aromatic carbocycles. The number of benzene rings is 2. The standard InChI is InChI=1S/C17H21NO2S/c1-13-7-4-5-10-17(13)21(19)12-16(18-2)14-8-6-9-15(11-14)20-3/h4-11,16,18H,12H2,1-3H3. The number of hydrogen-bond donors (Lipinski definition) is 1. The lowest BCUT2D eigenvalue weighted by molar-refractivity contribution is 0.413. The molecule has 0 bridgehead atoms. The summed E-state index contributed by atoms with van der Waals surface area (Å²) in [7, 11) is 2.50. The molecule has 0 fully saturated rings. The molecule has 0 aromatic heterocycles. The molecule has 0 heterocycles. The van der Waals surface area contributed by atoms with Crippen molar-refractivity contribution in [3.8, 4) is 5.75 Å². The second kappa shape index (κ2) is 7.38. The van der Waals surface area contributed by atoms with Crippen molar-refractivity contribution >= 4 is 10.8 Å². The smallest absolute Gasteiger partial charge is 0.119 e. The summed E-state index contributed by atoms with van der Waals surface area (Å²) in [6.07, 6.45) is 0. The van der Waals surface area contributed by atoms with Gasteiger partial charge in [-0.15, -0.1) is 0 Å². The van der Waals surface area contributed by atoms with Crippen molar-refractivity contribution in [2.75, 3.05) is 19.9 Å². The molecule has 2 aromatic rings. The maximum atomic E-state index is 12.6. The van der Waals surface area contributed by atoms with Crippen LogP contribution in [0, 0.1) is 6.92 Å². The zero-order valence-corrected chi connectivity index (χ0v) is 13.4. The molecule has 4 heteroatoms. The van der Waals surface area contributed by atoms with Crippen molar-refractivity contribution in [3.05, 3.63) is 59.7 Å². The molecule has 0 aliphatic carbocycles. The summed E-state index contributed by atoms with van der Waals surface area (Å²) in [5, 5.41) is 3.24. The van der Waals surface area contributed by atoms with Crippen LogP contribution in [0.25, 0.3) is 0 Å². The molecular weight excluding hydrogens is 282 g/mol. The molecule has 2 rings (SSSR count). The Labute approximate surface area is 128 Å². The van der Waals surface area contributed by atoms with Crippen LogP contribution in [0.2, 0.25) is 0 Å². The van der Waals surface area contributed by atoms with E-state index in [9.17, 15) is 4.21 Å². The predicted octanol–water partition coefficient (Wildman–Crippen LogP) is 3.07. The number of nitrogens with one attached hydrogen (secondary N) is 1. The van der Waals surface area contributed by atoms with Crippen LogP contribution in [0.15, 0.2) is 53.4 Å². The van der Waals surface area contributed by atoms with Gasteiger partial charge in [0.1, 0.15) is 5.75 Å². The Balaban J connectivity index is 2.19. The van der Waals surface area contributed by atoms with Crippen molar-refractivity contribution in [2.45, 2.75) is 17.9 Å². The molecule has 0 saturated heterocycles. The fourth-order valence-electron chi connectivity index (χ4n) is 2.26. The second-order valence-corrected chi connectivity index (χ2v) is 6.36. The van der Waals surface area contributed by atoms with Gasteiger partial charge in [-0.25, -0.2) is 0 Å². The van der Waals surface area contributed by atoms with E-state index in [0.717, 1.165) is 21.8 Å². The Morgan fingerprint density at radius 1 is 1.19 bits per heavy atom. The highest BCUT2D eigenvalue weighted by molar-refractivity contribution is 7.85. The van der Waals surface area contributed by atoms with Crippen molar-refractivity contribution < 1.29 is 8.95 Å². The van der Waals surface area contributed by atoms with Gasteiger partial charge in [0.05, 0.1) is 17.9 Å². The van der Waals surface area contributed by atoms with Gasteiger partial charge in [-0.3, -0.25) is 4.21 Å². The Morgan fingerprint density at radius 2 is 1.95 bits per heavy atom. The van der Waals surface area contributed by atoms with Crippen molar-refractivity contribution in [3.63, 3.8) is 0 Å². The van der Waals surface area contributed by atoms with Crippen LogP contribution >= 0.6 is 0 Å². The minimum atomic E-state index is -1.04. The maximum Gasteiger partial charge on any atom is 0.119 e. The van der Waals surface area contributed by atoms with Crippen molar-refractivity contribution in [2.24, 2.45) is 0 Å². The van der Waals surface area contributed by atoms with Gasteiger partial charge in [-0.1, -0.05) is 30.3 Å². The largest absolute Gasteiger partial charge is 0.497 e. The fourth-order valence-corrected chi connectivity index (χ4v) is 3.76. The van der Waals surface area contributed by atoms with Gasteiger partial charge >= 0.3 is 0 Å². The molecule has 21 heavy (non-hydrogen) atoms. The van der Waals surface area contributed by atoms with Crippen LogP contribution in [0.1, 0.15) is 17.2 Å². The Morgan fingerprint density at radius 3 is 2.62 bits per heavy atom.